The molecule has 0 saturated carbocycles. The predicted molar refractivity (Wildman–Crippen MR) is 69.0 cm³/mol. The first kappa shape index (κ1) is 13.9. The summed E-state index contributed by atoms with van der Waals surface area (Å²) in [4.78, 5) is 11.4. The number of rotatable bonds is 7. The van der Waals surface area contributed by atoms with Gasteiger partial charge in [0, 0.05) is 38.0 Å². The van der Waals surface area contributed by atoms with Crippen molar-refractivity contribution in [2.24, 2.45) is 5.92 Å². The molecular formula is C13H22N2O2. The van der Waals surface area contributed by atoms with Gasteiger partial charge in [-0.25, -0.2) is 0 Å². The molecular weight excluding hydrogens is 216 g/mol. The smallest absolute Gasteiger partial charge is 0.250 e. The van der Waals surface area contributed by atoms with Gasteiger partial charge in [0.25, 0.3) is 5.56 Å². The number of aliphatic hydroxyl groups excluding tert-OH is 1. The summed E-state index contributed by atoms with van der Waals surface area (Å²) in [5.74, 6) is 0.481. The number of nitrogens with zero attached hydrogens (tertiary/aromatic N) is 1. The molecule has 2 N–H and O–H groups in total. The molecule has 0 spiro atoms. The van der Waals surface area contributed by atoms with Gasteiger partial charge >= 0.3 is 0 Å². The first-order valence-electron chi connectivity index (χ1n) is 6.15. The maximum absolute atomic E-state index is 11.4. The Labute approximate surface area is 102 Å². The third-order valence-corrected chi connectivity index (χ3v) is 2.90. The van der Waals surface area contributed by atoms with Crippen LogP contribution in [0.3, 0.4) is 0 Å². The topological polar surface area (TPSA) is 54.3 Å². The molecule has 4 nitrogen and oxygen atoms in total. The zero-order valence-electron chi connectivity index (χ0n) is 10.6. The van der Waals surface area contributed by atoms with Crippen molar-refractivity contribution in [2.45, 2.75) is 32.9 Å². The minimum Gasteiger partial charge on any atom is -0.396 e. The zero-order valence-corrected chi connectivity index (χ0v) is 10.6. The Hall–Kier alpha value is -1.13. The molecule has 0 radical (unpaired) electrons. The van der Waals surface area contributed by atoms with Crippen LogP contribution in [-0.2, 0) is 6.54 Å². The van der Waals surface area contributed by atoms with Crippen LogP contribution in [0.25, 0.3) is 0 Å². The van der Waals surface area contributed by atoms with Crippen LogP contribution in [-0.4, -0.2) is 28.9 Å². The van der Waals surface area contributed by atoms with Crippen LogP contribution in [0.4, 0.5) is 0 Å². The molecule has 0 aliphatic heterocycles. The van der Waals surface area contributed by atoms with Crippen molar-refractivity contribution < 1.29 is 5.11 Å². The van der Waals surface area contributed by atoms with E-state index in [1.54, 1.807) is 22.9 Å². The van der Waals surface area contributed by atoms with Crippen LogP contribution in [0.2, 0.25) is 0 Å². The summed E-state index contributed by atoms with van der Waals surface area (Å²) in [7, 11) is 0. The van der Waals surface area contributed by atoms with Gasteiger partial charge in [0.1, 0.15) is 0 Å². The molecule has 1 aromatic rings. The lowest BCUT2D eigenvalue weighted by Crippen LogP contribution is -2.37. The summed E-state index contributed by atoms with van der Waals surface area (Å²) < 4.78 is 1.68. The molecule has 1 atom stereocenters. The summed E-state index contributed by atoms with van der Waals surface area (Å²) in [5.41, 5.74) is 0.0255. The van der Waals surface area contributed by atoms with Gasteiger partial charge in [0.15, 0.2) is 0 Å². The Morgan fingerprint density at radius 1 is 1.41 bits per heavy atom. The molecule has 1 rings (SSSR count). The number of hydrogen-bond acceptors (Lipinski definition) is 3. The Balaban J connectivity index is 2.41. The second kappa shape index (κ2) is 7.25. The van der Waals surface area contributed by atoms with Crippen molar-refractivity contribution in [3.8, 4) is 0 Å². The molecule has 0 saturated heterocycles. The van der Waals surface area contributed by atoms with E-state index in [-0.39, 0.29) is 12.2 Å². The second-order valence-electron chi connectivity index (χ2n) is 4.55. The summed E-state index contributed by atoms with van der Waals surface area (Å²) in [5, 5.41) is 12.3. The summed E-state index contributed by atoms with van der Waals surface area (Å²) in [6.07, 6.45) is 2.54. The van der Waals surface area contributed by atoms with E-state index in [1.807, 2.05) is 6.07 Å². The fourth-order valence-electron chi connectivity index (χ4n) is 1.83. The summed E-state index contributed by atoms with van der Waals surface area (Å²) >= 11 is 0. The van der Waals surface area contributed by atoms with Gasteiger partial charge < -0.3 is 15.0 Å². The van der Waals surface area contributed by atoms with Gasteiger partial charge in [0.2, 0.25) is 0 Å². The maximum atomic E-state index is 11.4. The van der Waals surface area contributed by atoms with Crippen molar-refractivity contribution in [1.29, 1.82) is 0 Å². The lowest BCUT2D eigenvalue weighted by atomic mass is 10.0. The van der Waals surface area contributed by atoms with E-state index in [4.69, 9.17) is 5.11 Å². The van der Waals surface area contributed by atoms with Crippen LogP contribution >= 0.6 is 0 Å². The van der Waals surface area contributed by atoms with Crippen molar-refractivity contribution in [2.75, 3.05) is 13.2 Å². The third-order valence-electron chi connectivity index (χ3n) is 2.90. The van der Waals surface area contributed by atoms with Crippen LogP contribution in [0.1, 0.15) is 20.3 Å². The van der Waals surface area contributed by atoms with Gasteiger partial charge in [-0.1, -0.05) is 19.9 Å². The highest BCUT2D eigenvalue weighted by Gasteiger charge is 2.11. The fraction of sp³-hybridized carbons (Fsp3) is 0.615. The molecule has 17 heavy (non-hydrogen) atoms. The minimum absolute atomic E-state index is 0.0255. The standard InChI is InChI=1S/C13H22N2O2/c1-11(2)12(6-10-16)14-7-9-15-8-4-3-5-13(15)17/h3-5,8,11-12,14,16H,6-7,9-10H2,1-2H3. The number of nitrogens with one attached hydrogen (secondary N) is 1. The highest BCUT2D eigenvalue weighted by molar-refractivity contribution is 4.93. The lowest BCUT2D eigenvalue weighted by molar-refractivity contribution is 0.243. The first-order valence-corrected chi connectivity index (χ1v) is 6.15. The van der Waals surface area contributed by atoms with Gasteiger partial charge in [0.05, 0.1) is 0 Å². The van der Waals surface area contributed by atoms with E-state index >= 15 is 0 Å². The van der Waals surface area contributed by atoms with E-state index in [1.165, 1.54) is 0 Å². The van der Waals surface area contributed by atoms with Crippen molar-refractivity contribution in [3.05, 3.63) is 34.7 Å². The van der Waals surface area contributed by atoms with E-state index < -0.39 is 0 Å². The molecule has 0 amide bonds. The van der Waals surface area contributed by atoms with Gasteiger partial charge in [-0.2, -0.15) is 0 Å². The largest absolute Gasteiger partial charge is 0.396 e. The molecule has 0 aliphatic rings. The van der Waals surface area contributed by atoms with Crippen LogP contribution in [0.15, 0.2) is 29.2 Å². The SMILES string of the molecule is CC(C)C(CCO)NCCn1ccccc1=O. The Morgan fingerprint density at radius 2 is 2.18 bits per heavy atom. The molecule has 4 heteroatoms. The normalized spacial score (nSPS) is 12.9. The molecule has 96 valence electrons. The zero-order chi connectivity index (χ0) is 12.7. The molecule has 1 aromatic heterocycles. The maximum Gasteiger partial charge on any atom is 0.250 e. The molecule has 1 unspecified atom stereocenters. The van der Waals surface area contributed by atoms with Crippen molar-refractivity contribution >= 4 is 0 Å². The summed E-state index contributed by atoms with van der Waals surface area (Å²) in [6, 6.07) is 5.47. The average molecular weight is 238 g/mol. The number of aromatic nitrogens is 1. The van der Waals surface area contributed by atoms with Crippen LogP contribution in [0, 0.1) is 5.92 Å². The number of aliphatic hydroxyl groups is 1. The van der Waals surface area contributed by atoms with E-state index in [9.17, 15) is 4.79 Å². The third kappa shape index (κ3) is 4.71. The number of pyridine rings is 1. The van der Waals surface area contributed by atoms with E-state index in [2.05, 4.69) is 19.2 Å². The Morgan fingerprint density at radius 3 is 2.76 bits per heavy atom. The minimum atomic E-state index is 0.0255. The van der Waals surface area contributed by atoms with Gasteiger partial charge in [-0.15, -0.1) is 0 Å². The molecule has 0 fully saturated rings. The highest BCUT2D eigenvalue weighted by Crippen LogP contribution is 2.04. The Bertz CT molecular complexity index is 374. The average Bonchev–Trinajstić information content (AvgIpc) is 2.30. The lowest BCUT2D eigenvalue weighted by Gasteiger charge is -2.21. The van der Waals surface area contributed by atoms with Gasteiger partial charge in [-0.05, 0) is 18.4 Å². The van der Waals surface area contributed by atoms with E-state index in [0.717, 1.165) is 13.0 Å². The second-order valence-corrected chi connectivity index (χ2v) is 4.55. The molecule has 1 heterocycles. The monoisotopic (exact) mass is 238 g/mol. The highest BCUT2D eigenvalue weighted by atomic mass is 16.3. The number of hydrogen-bond donors (Lipinski definition) is 2. The van der Waals surface area contributed by atoms with Gasteiger partial charge in [-0.3, -0.25) is 4.79 Å². The molecule has 0 bridgehead atoms. The predicted octanol–water partition coefficient (Wildman–Crippen LogP) is 0.845. The fourth-order valence-corrected chi connectivity index (χ4v) is 1.83. The first-order chi connectivity index (χ1) is 8.15. The van der Waals surface area contributed by atoms with E-state index in [0.29, 0.717) is 18.5 Å². The van der Waals surface area contributed by atoms with Crippen molar-refractivity contribution in [1.82, 2.24) is 9.88 Å². The summed E-state index contributed by atoms with van der Waals surface area (Å²) in [6.45, 7) is 5.85. The van der Waals surface area contributed by atoms with Crippen molar-refractivity contribution in [3.63, 3.8) is 0 Å². The molecule has 0 aromatic carbocycles. The van der Waals surface area contributed by atoms with Crippen LogP contribution < -0.4 is 10.9 Å². The van der Waals surface area contributed by atoms with Crippen LogP contribution in [0.5, 0.6) is 0 Å². The Kier molecular flexibility index (Phi) is 5.94. The molecule has 0 aliphatic carbocycles. The quantitative estimate of drug-likeness (QED) is 0.740.